The van der Waals surface area contributed by atoms with Gasteiger partial charge in [-0.25, -0.2) is 28.8 Å². The van der Waals surface area contributed by atoms with Crippen molar-refractivity contribution in [1.29, 1.82) is 0 Å². The van der Waals surface area contributed by atoms with Crippen LogP contribution in [0.5, 0.6) is 0 Å². The Morgan fingerprint density at radius 2 is 2.03 bits per heavy atom. The van der Waals surface area contributed by atoms with E-state index in [1.165, 1.54) is 25.2 Å². The molecule has 0 fully saturated rings. The number of hydrogen-bond acceptors (Lipinski definition) is 8. The van der Waals surface area contributed by atoms with Crippen molar-refractivity contribution in [3.8, 4) is 11.5 Å². The number of methoxy groups -OCH3 is 1. The molecule has 0 unspecified atom stereocenters. The highest BCUT2D eigenvalue weighted by molar-refractivity contribution is 5.96. The van der Waals surface area contributed by atoms with E-state index in [0.29, 0.717) is 4.68 Å². The number of carbonyl (C=O) groups is 1. The summed E-state index contributed by atoms with van der Waals surface area (Å²) >= 11 is 0. The van der Waals surface area contributed by atoms with E-state index in [0.717, 1.165) is 18.1 Å². The molecule has 0 bridgehead atoms. The van der Waals surface area contributed by atoms with Crippen molar-refractivity contribution >= 4 is 34.4 Å². The molecule has 0 radical (unpaired) electrons. The van der Waals surface area contributed by atoms with Crippen molar-refractivity contribution in [2.75, 3.05) is 30.5 Å². The zero-order valence-electron chi connectivity index (χ0n) is 21.3. The summed E-state index contributed by atoms with van der Waals surface area (Å²) in [6, 6.07) is 4.05. The average molecular weight is 427 g/mol. The van der Waals surface area contributed by atoms with Gasteiger partial charge in [0, 0.05) is 18.8 Å². The highest BCUT2D eigenvalue weighted by Crippen LogP contribution is 2.32. The van der Waals surface area contributed by atoms with Gasteiger partial charge in [0.25, 0.3) is 0 Å². The van der Waals surface area contributed by atoms with Crippen LogP contribution >= 0.6 is 0 Å². The molecule has 0 aliphatic rings. The van der Waals surface area contributed by atoms with Gasteiger partial charge in [-0.15, -0.1) is 0 Å². The first kappa shape index (κ1) is 14.7. The Balaban J connectivity index is 2.03. The van der Waals surface area contributed by atoms with Crippen LogP contribution in [0.4, 0.5) is 26.5 Å². The third-order valence-electron chi connectivity index (χ3n) is 4.30. The second kappa shape index (κ2) is 7.86. The lowest BCUT2D eigenvalue weighted by Crippen LogP contribution is -2.28. The number of carbonyl (C=O) groups excluding carboxylic acids is 1. The van der Waals surface area contributed by atoms with Crippen molar-refractivity contribution in [2.45, 2.75) is 6.50 Å². The number of benzene rings is 1. The summed E-state index contributed by atoms with van der Waals surface area (Å²) in [6.45, 7) is -2.64. The first-order valence-electron chi connectivity index (χ1n) is 11.3. The SMILES string of the molecule is [2H]c1nc2c(c(-c3nc(N)c(N(C)C(=O)OC)c(N)n3)nn2C([2H])([2H])c2ccccc2F)c([2H])c1[2H]. The van der Waals surface area contributed by atoms with Crippen LogP contribution in [0.15, 0.2) is 42.5 Å². The van der Waals surface area contributed by atoms with E-state index in [4.69, 9.17) is 18.3 Å². The van der Waals surface area contributed by atoms with E-state index >= 15 is 0 Å². The third-order valence-corrected chi connectivity index (χ3v) is 4.30. The fraction of sp³-hybridized carbons (Fsp3) is 0.150. The van der Waals surface area contributed by atoms with Gasteiger partial charge in [0.05, 0.1) is 25.8 Å². The largest absolute Gasteiger partial charge is 0.452 e. The molecule has 4 aromatic rings. The van der Waals surface area contributed by atoms with Crippen LogP contribution in [0, 0.1) is 5.82 Å². The number of anilines is 3. The molecule has 31 heavy (non-hydrogen) atoms. The number of amides is 1. The van der Waals surface area contributed by atoms with Gasteiger partial charge < -0.3 is 16.2 Å². The number of rotatable bonds is 4. The molecule has 0 spiro atoms. The van der Waals surface area contributed by atoms with Gasteiger partial charge in [-0.3, -0.25) is 4.90 Å². The van der Waals surface area contributed by atoms with Crippen molar-refractivity contribution in [1.82, 2.24) is 24.7 Å². The second-order valence-electron chi connectivity index (χ2n) is 6.22. The maximum atomic E-state index is 14.5. The van der Waals surface area contributed by atoms with Crippen molar-refractivity contribution in [3.63, 3.8) is 0 Å². The molecule has 1 amide bonds. The maximum Gasteiger partial charge on any atom is 0.413 e. The molecule has 0 aliphatic carbocycles. The topological polar surface area (TPSA) is 138 Å². The fourth-order valence-electron chi connectivity index (χ4n) is 2.87. The van der Waals surface area contributed by atoms with Crippen LogP contribution in [0.2, 0.25) is 0 Å². The van der Waals surface area contributed by atoms with Gasteiger partial charge in [-0.2, -0.15) is 5.10 Å². The molecule has 4 rings (SSSR count). The summed E-state index contributed by atoms with van der Waals surface area (Å²) in [5.74, 6) is -1.64. The Morgan fingerprint density at radius 3 is 2.71 bits per heavy atom. The standard InChI is InChI=1S/C20H19FN8O2/c1-28(20(30)31-2)15-16(22)25-18(26-17(15)23)14-12-7-5-9-24-19(12)29(27-14)10-11-6-3-4-8-13(11)21/h3-9H,10H2,1-2H3,(H4,22,23,25,26)/i5D,7D,9D,10D2. The number of nitrogens with two attached hydrogens (primary N) is 2. The van der Waals surface area contributed by atoms with E-state index in [2.05, 4.69) is 24.8 Å². The molecule has 0 saturated heterocycles. The van der Waals surface area contributed by atoms with Gasteiger partial charge in [0.15, 0.2) is 23.1 Å². The smallest absolute Gasteiger partial charge is 0.413 e. The van der Waals surface area contributed by atoms with Crippen molar-refractivity contribution in [2.24, 2.45) is 0 Å². The van der Waals surface area contributed by atoms with E-state index in [-0.39, 0.29) is 45.4 Å². The Hall–Kier alpha value is -4.28. The summed E-state index contributed by atoms with van der Waals surface area (Å²) in [6.07, 6.45) is -1.41. The molecule has 1 aromatic carbocycles. The van der Waals surface area contributed by atoms with E-state index < -0.39 is 36.7 Å². The molecular formula is C20H19FN8O2. The minimum atomic E-state index is -2.64. The first-order chi connectivity index (χ1) is 16.9. The summed E-state index contributed by atoms with van der Waals surface area (Å²) < 4.78 is 61.4. The summed E-state index contributed by atoms with van der Waals surface area (Å²) in [5, 5.41) is 4.01. The van der Waals surface area contributed by atoms with Crippen LogP contribution in [0.3, 0.4) is 0 Å². The summed E-state index contributed by atoms with van der Waals surface area (Å²) in [4.78, 5) is 25.1. The minimum Gasteiger partial charge on any atom is -0.452 e. The van der Waals surface area contributed by atoms with Crippen molar-refractivity contribution in [3.05, 3.63) is 53.9 Å². The second-order valence-corrected chi connectivity index (χ2v) is 6.22. The number of halogens is 1. The van der Waals surface area contributed by atoms with Gasteiger partial charge >= 0.3 is 6.09 Å². The lowest BCUT2D eigenvalue weighted by atomic mass is 10.2. The highest BCUT2D eigenvalue weighted by atomic mass is 19.1. The maximum absolute atomic E-state index is 14.5. The van der Waals surface area contributed by atoms with E-state index in [9.17, 15) is 9.18 Å². The predicted molar refractivity (Wildman–Crippen MR) is 114 cm³/mol. The van der Waals surface area contributed by atoms with Crippen LogP contribution in [-0.2, 0) is 11.2 Å². The number of ether oxygens (including phenoxy) is 1. The van der Waals surface area contributed by atoms with Crippen LogP contribution < -0.4 is 16.4 Å². The Labute approximate surface area is 183 Å². The predicted octanol–water partition coefficient (Wildman–Crippen LogP) is 2.44. The number of aromatic nitrogens is 5. The van der Waals surface area contributed by atoms with Crippen molar-refractivity contribution < 1.29 is 20.8 Å². The molecule has 0 aliphatic heterocycles. The lowest BCUT2D eigenvalue weighted by Gasteiger charge is -2.18. The van der Waals surface area contributed by atoms with Gasteiger partial charge in [0.2, 0.25) is 0 Å². The van der Waals surface area contributed by atoms with E-state index in [1.807, 2.05) is 0 Å². The Bertz CT molecular complexity index is 1510. The molecular weight excluding hydrogens is 403 g/mol. The number of nitrogen functional groups attached to an aromatic ring is 2. The average Bonchev–Trinajstić information content (AvgIpc) is 3.21. The fourth-order valence-corrected chi connectivity index (χ4v) is 2.87. The van der Waals surface area contributed by atoms with E-state index in [1.54, 1.807) is 0 Å². The van der Waals surface area contributed by atoms with Crippen LogP contribution in [0.1, 0.15) is 12.4 Å². The van der Waals surface area contributed by atoms with Crippen LogP contribution in [-0.4, -0.2) is 45.0 Å². The summed E-state index contributed by atoms with van der Waals surface area (Å²) in [5.41, 5.74) is 11.1. The van der Waals surface area contributed by atoms with Gasteiger partial charge in [-0.05, 0) is 18.2 Å². The monoisotopic (exact) mass is 427 g/mol. The number of nitrogens with zero attached hydrogens (tertiary/aromatic N) is 6. The number of fused-ring (bicyclic) bond motifs is 1. The Kier molecular flexibility index (Phi) is 3.72. The van der Waals surface area contributed by atoms with Gasteiger partial charge in [0.1, 0.15) is 17.2 Å². The molecule has 0 atom stereocenters. The molecule has 4 N–H and O–H groups in total. The quantitative estimate of drug-likeness (QED) is 0.506. The molecule has 10 nitrogen and oxygen atoms in total. The van der Waals surface area contributed by atoms with Gasteiger partial charge in [-0.1, -0.05) is 18.2 Å². The number of hydrogen-bond donors (Lipinski definition) is 2. The highest BCUT2D eigenvalue weighted by Gasteiger charge is 2.23. The summed E-state index contributed by atoms with van der Waals surface area (Å²) in [7, 11) is 2.49. The Morgan fingerprint density at radius 1 is 1.32 bits per heavy atom. The molecule has 0 saturated carbocycles. The normalized spacial score (nSPS) is 13.7. The lowest BCUT2D eigenvalue weighted by molar-refractivity contribution is 0.180. The molecule has 158 valence electrons. The molecule has 3 aromatic heterocycles. The molecule has 11 heteroatoms. The minimum absolute atomic E-state index is 0.0603. The zero-order chi connectivity index (χ0) is 26.5. The molecule has 3 heterocycles. The zero-order valence-corrected chi connectivity index (χ0v) is 16.3. The number of pyridine rings is 1. The third kappa shape index (κ3) is 3.56. The van der Waals surface area contributed by atoms with Crippen LogP contribution in [0.25, 0.3) is 22.6 Å². The first-order valence-corrected chi connectivity index (χ1v) is 8.77.